The number of benzene rings is 1. The molecule has 4 heteroatoms. The van der Waals surface area contributed by atoms with E-state index in [1.807, 2.05) is 16.9 Å². The number of hydrogen-bond acceptors (Lipinski definition) is 3. The Kier molecular flexibility index (Phi) is 4.57. The van der Waals surface area contributed by atoms with Crippen LogP contribution in [0, 0.1) is 0 Å². The Morgan fingerprint density at radius 1 is 1.20 bits per heavy atom. The number of hydrogen-bond donors (Lipinski definition) is 1. The van der Waals surface area contributed by atoms with Crippen LogP contribution in [0.25, 0.3) is 5.69 Å². The van der Waals surface area contributed by atoms with E-state index >= 15 is 0 Å². The average molecular weight is 272 g/mol. The van der Waals surface area contributed by atoms with Crippen molar-refractivity contribution in [2.45, 2.75) is 25.9 Å². The molecule has 0 amide bonds. The van der Waals surface area contributed by atoms with Crippen molar-refractivity contribution in [3.05, 3.63) is 48.3 Å². The molecule has 1 aromatic carbocycles. The Balaban J connectivity index is 1.89. The molecule has 20 heavy (non-hydrogen) atoms. The van der Waals surface area contributed by atoms with Crippen LogP contribution >= 0.6 is 0 Å². The summed E-state index contributed by atoms with van der Waals surface area (Å²) < 4.78 is 1.87. The molecule has 1 aromatic heterocycles. The molecule has 1 heterocycles. The van der Waals surface area contributed by atoms with Gasteiger partial charge in [0.1, 0.15) is 0 Å². The lowest BCUT2D eigenvalue weighted by Gasteiger charge is -2.32. The van der Waals surface area contributed by atoms with Crippen molar-refractivity contribution in [1.29, 1.82) is 0 Å². The van der Waals surface area contributed by atoms with Crippen LogP contribution in [-0.4, -0.2) is 40.9 Å². The molecule has 0 aliphatic heterocycles. The summed E-state index contributed by atoms with van der Waals surface area (Å²) in [7, 11) is 4.22. The minimum absolute atomic E-state index is 0.162. The van der Waals surface area contributed by atoms with Gasteiger partial charge in [0, 0.05) is 31.0 Å². The van der Waals surface area contributed by atoms with Gasteiger partial charge in [0.15, 0.2) is 0 Å². The lowest BCUT2D eigenvalue weighted by Crippen LogP contribution is -2.46. The highest BCUT2D eigenvalue weighted by atomic mass is 15.3. The second kappa shape index (κ2) is 6.20. The summed E-state index contributed by atoms with van der Waals surface area (Å²) in [5.41, 5.74) is 2.54. The van der Waals surface area contributed by atoms with E-state index in [4.69, 9.17) is 0 Å². The first-order valence-electron chi connectivity index (χ1n) is 6.96. The fourth-order valence-electron chi connectivity index (χ4n) is 1.86. The molecule has 1 N–H and O–H groups in total. The van der Waals surface area contributed by atoms with Crippen molar-refractivity contribution in [2.24, 2.45) is 0 Å². The highest BCUT2D eigenvalue weighted by molar-refractivity contribution is 5.33. The minimum Gasteiger partial charge on any atom is -0.311 e. The van der Waals surface area contributed by atoms with Crippen LogP contribution in [0.2, 0.25) is 0 Å². The van der Waals surface area contributed by atoms with Gasteiger partial charge in [0.05, 0.1) is 5.69 Å². The third-order valence-electron chi connectivity index (χ3n) is 3.80. The van der Waals surface area contributed by atoms with E-state index in [1.54, 1.807) is 6.20 Å². The second-order valence-electron chi connectivity index (χ2n) is 5.93. The Hall–Kier alpha value is -1.65. The third kappa shape index (κ3) is 3.68. The Labute approximate surface area is 121 Å². The van der Waals surface area contributed by atoms with Gasteiger partial charge < -0.3 is 10.2 Å². The largest absolute Gasteiger partial charge is 0.311 e. The summed E-state index contributed by atoms with van der Waals surface area (Å²) in [5.74, 6) is 0. The van der Waals surface area contributed by atoms with Crippen LogP contribution in [-0.2, 0) is 6.54 Å². The van der Waals surface area contributed by atoms with E-state index in [1.165, 1.54) is 5.56 Å². The quantitative estimate of drug-likeness (QED) is 0.876. The molecule has 0 fully saturated rings. The van der Waals surface area contributed by atoms with Crippen LogP contribution in [0.1, 0.15) is 19.4 Å². The fourth-order valence-corrected chi connectivity index (χ4v) is 1.86. The number of aromatic nitrogens is 2. The summed E-state index contributed by atoms with van der Waals surface area (Å²) in [6, 6.07) is 10.4. The highest BCUT2D eigenvalue weighted by Gasteiger charge is 2.19. The van der Waals surface area contributed by atoms with Crippen LogP contribution in [0.3, 0.4) is 0 Å². The second-order valence-corrected chi connectivity index (χ2v) is 5.93. The van der Waals surface area contributed by atoms with Crippen molar-refractivity contribution < 1.29 is 0 Å². The lowest BCUT2D eigenvalue weighted by molar-refractivity contribution is 0.190. The summed E-state index contributed by atoms with van der Waals surface area (Å²) in [4.78, 5) is 2.24. The van der Waals surface area contributed by atoms with Gasteiger partial charge in [0.25, 0.3) is 0 Å². The zero-order valence-corrected chi connectivity index (χ0v) is 12.8. The Morgan fingerprint density at radius 2 is 1.90 bits per heavy atom. The molecule has 0 aliphatic carbocycles. The fraction of sp³-hybridized carbons (Fsp3) is 0.438. The van der Waals surface area contributed by atoms with E-state index in [-0.39, 0.29) is 5.54 Å². The molecule has 0 saturated carbocycles. The van der Waals surface area contributed by atoms with Crippen LogP contribution < -0.4 is 5.32 Å². The lowest BCUT2D eigenvalue weighted by atomic mass is 10.0. The Bertz CT molecular complexity index is 512. The van der Waals surface area contributed by atoms with E-state index in [9.17, 15) is 0 Å². The Morgan fingerprint density at radius 3 is 2.45 bits per heavy atom. The molecule has 2 rings (SSSR count). The molecule has 0 aliphatic rings. The summed E-state index contributed by atoms with van der Waals surface area (Å²) in [5, 5.41) is 7.74. The standard InChI is InChI=1S/C16H24N4/c1-16(2,19(3)4)13-17-12-14-6-8-15(9-7-14)20-11-5-10-18-20/h5-11,17H,12-13H2,1-4H3. The zero-order chi connectivity index (χ0) is 14.6. The van der Waals surface area contributed by atoms with Gasteiger partial charge in [-0.3, -0.25) is 0 Å². The number of nitrogens with one attached hydrogen (secondary N) is 1. The maximum Gasteiger partial charge on any atom is 0.0645 e. The molecule has 108 valence electrons. The van der Waals surface area contributed by atoms with Crippen molar-refractivity contribution in [2.75, 3.05) is 20.6 Å². The van der Waals surface area contributed by atoms with E-state index in [0.717, 1.165) is 18.8 Å². The number of likely N-dealkylation sites (N-methyl/N-ethyl adjacent to an activating group) is 1. The predicted octanol–water partition coefficient (Wildman–Crippen LogP) is 2.30. The van der Waals surface area contributed by atoms with Gasteiger partial charge in [-0.05, 0) is 51.7 Å². The zero-order valence-electron chi connectivity index (χ0n) is 12.8. The predicted molar refractivity (Wildman–Crippen MR) is 83.0 cm³/mol. The molecular formula is C16H24N4. The molecular weight excluding hydrogens is 248 g/mol. The van der Waals surface area contributed by atoms with Crippen LogP contribution in [0.5, 0.6) is 0 Å². The first kappa shape index (κ1) is 14.8. The maximum absolute atomic E-state index is 4.23. The third-order valence-corrected chi connectivity index (χ3v) is 3.80. The average Bonchev–Trinajstić information content (AvgIpc) is 2.93. The SMILES string of the molecule is CN(C)C(C)(C)CNCc1ccc(-n2cccn2)cc1. The first-order chi connectivity index (χ1) is 9.49. The minimum atomic E-state index is 0.162. The highest BCUT2D eigenvalue weighted by Crippen LogP contribution is 2.10. The maximum atomic E-state index is 4.23. The molecule has 2 aromatic rings. The monoisotopic (exact) mass is 272 g/mol. The van der Waals surface area contributed by atoms with Gasteiger partial charge in [-0.25, -0.2) is 4.68 Å². The summed E-state index contributed by atoms with van der Waals surface area (Å²) >= 11 is 0. The number of rotatable bonds is 6. The smallest absolute Gasteiger partial charge is 0.0645 e. The molecule has 0 atom stereocenters. The van der Waals surface area contributed by atoms with Crippen molar-refractivity contribution in [1.82, 2.24) is 20.0 Å². The topological polar surface area (TPSA) is 33.1 Å². The van der Waals surface area contributed by atoms with E-state index in [0.29, 0.717) is 0 Å². The first-order valence-corrected chi connectivity index (χ1v) is 6.96. The molecule has 0 bridgehead atoms. The van der Waals surface area contributed by atoms with Gasteiger partial charge >= 0.3 is 0 Å². The molecule has 0 spiro atoms. The van der Waals surface area contributed by atoms with Crippen molar-refractivity contribution >= 4 is 0 Å². The molecule has 0 unspecified atom stereocenters. The van der Waals surface area contributed by atoms with E-state index < -0.39 is 0 Å². The molecule has 0 saturated heterocycles. The molecule has 0 radical (unpaired) electrons. The normalized spacial score (nSPS) is 12.1. The van der Waals surface area contributed by atoms with Crippen molar-refractivity contribution in [3.8, 4) is 5.69 Å². The van der Waals surface area contributed by atoms with Crippen LogP contribution in [0.15, 0.2) is 42.7 Å². The van der Waals surface area contributed by atoms with Gasteiger partial charge in [-0.2, -0.15) is 5.10 Å². The molecule has 4 nitrogen and oxygen atoms in total. The van der Waals surface area contributed by atoms with Gasteiger partial charge in [0.2, 0.25) is 0 Å². The van der Waals surface area contributed by atoms with Gasteiger partial charge in [-0.1, -0.05) is 12.1 Å². The summed E-state index contributed by atoms with van der Waals surface area (Å²) in [6.45, 7) is 6.32. The van der Waals surface area contributed by atoms with Gasteiger partial charge in [-0.15, -0.1) is 0 Å². The van der Waals surface area contributed by atoms with E-state index in [2.05, 4.69) is 67.5 Å². The number of nitrogens with zero attached hydrogens (tertiary/aromatic N) is 3. The van der Waals surface area contributed by atoms with Crippen LogP contribution in [0.4, 0.5) is 0 Å². The summed E-state index contributed by atoms with van der Waals surface area (Å²) in [6.07, 6.45) is 3.74. The van der Waals surface area contributed by atoms with Crippen molar-refractivity contribution in [3.63, 3.8) is 0 Å².